The van der Waals surface area contributed by atoms with E-state index >= 15 is 0 Å². The van der Waals surface area contributed by atoms with Gasteiger partial charge in [-0.05, 0) is 69.0 Å². The summed E-state index contributed by atoms with van der Waals surface area (Å²) in [4.78, 5) is 8.82. The third-order valence-electron chi connectivity index (χ3n) is 5.13. The number of likely N-dealkylation sites (tertiary alicyclic amines) is 1. The minimum atomic E-state index is 0.727. The van der Waals surface area contributed by atoms with Crippen molar-refractivity contribution in [3.8, 4) is 0 Å². The molecule has 0 radical (unpaired) electrons. The number of aliphatic imine (C=N–C) groups is 1. The highest BCUT2D eigenvalue weighted by atomic mass is 32.2. The monoisotopic (exact) mass is 360 g/mol. The molecule has 5 heteroatoms. The first-order valence-electron chi connectivity index (χ1n) is 9.59. The third kappa shape index (κ3) is 5.38. The van der Waals surface area contributed by atoms with Crippen LogP contribution in [0.5, 0.6) is 0 Å². The van der Waals surface area contributed by atoms with Gasteiger partial charge in [0.15, 0.2) is 5.96 Å². The summed E-state index contributed by atoms with van der Waals surface area (Å²) in [7, 11) is 0. The van der Waals surface area contributed by atoms with E-state index in [9.17, 15) is 0 Å². The Labute approximate surface area is 156 Å². The molecule has 2 N–H and O–H groups in total. The second-order valence-corrected chi connectivity index (χ2v) is 8.12. The number of rotatable bonds is 7. The van der Waals surface area contributed by atoms with Gasteiger partial charge in [0.2, 0.25) is 0 Å². The predicted octanol–water partition coefficient (Wildman–Crippen LogP) is 3.26. The molecule has 3 rings (SSSR count). The van der Waals surface area contributed by atoms with Crippen LogP contribution in [0.15, 0.2) is 28.1 Å². The number of benzene rings is 1. The Kier molecular flexibility index (Phi) is 6.65. The van der Waals surface area contributed by atoms with Gasteiger partial charge >= 0.3 is 0 Å². The number of aryl methyl sites for hydroxylation is 1. The van der Waals surface area contributed by atoms with Crippen molar-refractivity contribution in [1.82, 2.24) is 15.5 Å². The molecule has 2 aliphatic rings. The summed E-state index contributed by atoms with van der Waals surface area (Å²) in [6.45, 7) is 9.46. The Morgan fingerprint density at radius 3 is 2.84 bits per heavy atom. The van der Waals surface area contributed by atoms with Crippen molar-refractivity contribution >= 4 is 17.7 Å². The van der Waals surface area contributed by atoms with Gasteiger partial charge in [-0.15, -0.1) is 11.8 Å². The van der Waals surface area contributed by atoms with E-state index in [-0.39, 0.29) is 0 Å². The Bertz CT molecular complexity index is 597. The van der Waals surface area contributed by atoms with Crippen molar-refractivity contribution in [2.75, 3.05) is 32.4 Å². The second kappa shape index (κ2) is 8.95. The van der Waals surface area contributed by atoms with Gasteiger partial charge in [0.25, 0.3) is 0 Å². The van der Waals surface area contributed by atoms with E-state index < -0.39 is 0 Å². The van der Waals surface area contributed by atoms with E-state index in [1.54, 1.807) is 11.8 Å². The van der Waals surface area contributed by atoms with Crippen molar-refractivity contribution in [3.05, 3.63) is 29.3 Å². The standard InChI is InChI=1S/C20H32N4S/c1-4-21-20(22-12-16-9-10-24(14-16)18-7-8-18)23-13-17-6-5-15(2)11-19(17)25-3/h5-6,11,16,18H,4,7-10,12-14H2,1-3H3,(H2,21,22,23). The summed E-state index contributed by atoms with van der Waals surface area (Å²) in [5.41, 5.74) is 2.61. The van der Waals surface area contributed by atoms with Crippen molar-refractivity contribution in [1.29, 1.82) is 0 Å². The molecular weight excluding hydrogens is 328 g/mol. The van der Waals surface area contributed by atoms with Gasteiger partial charge in [0.05, 0.1) is 6.54 Å². The molecule has 2 fully saturated rings. The molecule has 1 saturated carbocycles. The average molecular weight is 361 g/mol. The minimum absolute atomic E-state index is 0.727. The van der Waals surface area contributed by atoms with E-state index in [1.165, 1.54) is 48.4 Å². The van der Waals surface area contributed by atoms with Crippen molar-refractivity contribution in [2.24, 2.45) is 10.9 Å². The van der Waals surface area contributed by atoms with Crippen LogP contribution in [-0.4, -0.2) is 49.3 Å². The molecule has 1 heterocycles. The van der Waals surface area contributed by atoms with Crippen LogP contribution >= 0.6 is 11.8 Å². The summed E-state index contributed by atoms with van der Waals surface area (Å²) in [6.07, 6.45) is 6.28. The minimum Gasteiger partial charge on any atom is -0.357 e. The molecule has 0 amide bonds. The lowest BCUT2D eigenvalue weighted by atomic mass is 10.1. The van der Waals surface area contributed by atoms with E-state index in [0.717, 1.165) is 37.6 Å². The molecule has 1 aromatic rings. The number of hydrogen-bond donors (Lipinski definition) is 2. The second-order valence-electron chi connectivity index (χ2n) is 7.27. The van der Waals surface area contributed by atoms with Crippen LogP contribution in [0.1, 0.15) is 37.3 Å². The Morgan fingerprint density at radius 1 is 1.28 bits per heavy atom. The molecule has 138 valence electrons. The number of nitrogens with zero attached hydrogens (tertiary/aromatic N) is 2. The Hall–Kier alpha value is -1.20. The summed E-state index contributed by atoms with van der Waals surface area (Å²) in [5.74, 6) is 1.70. The van der Waals surface area contributed by atoms with Gasteiger partial charge in [0, 0.05) is 30.6 Å². The van der Waals surface area contributed by atoms with E-state index in [4.69, 9.17) is 4.99 Å². The smallest absolute Gasteiger partial charge is 0.191 e. The normalized spacial score (nSPS) is 21.6. The van der Waals surface area contributed by atoms with Gasteiger partial charge in [-0.3, -0.25) is 0 Å². The number of thioether (sulfide) groups is 1. The van der Waals surface area contributed by atoms with Crippen LogP contribution < -0.4 is 10.6 Å². The molecule has 1 aliphatic heterocycles. The topological polar surface area (TPSA) is 39.7 Å². The van der Waals surface area contributed by atoms with Crippen LogP contribution in [0.25, 0.3) is 0 Å². The SMILES string of the molecule is CCNC(=NCc1ccc(C)cc1SC)NCC1CCN(C2CC2)C1. The summed E-state index contributed by atoms with van der Waals surface area (Å²) in [5, 5.41) is 6.96. The molecule has 1 unspecified atom stereocenters. The van der Waals surface area contributed by atoms with Crippen LogP contribution in [-0.2, 0) is 6.54 Å². The van der Waals surface area contributed by atoms with Crippen molar-refractivity contribution in [3.63, 3.8) is 0 Å². The van der Waals surface area contributed by atoms with Crippen LogP contribution in [0, 0.1) is 12.8 Å². The summed E-state index contributed by atoms with van der Waals surface area (Å²) < 4.78 is 0. The number of hydrogen-bond acceptors (Lipinski definition) is 3. The first kappa shape index (κ1) is 18.6. The molecule has 0 spiro atoms. The highest BCUT2D eigenvalue weighted by molar-refractivity contribution is 7.98. The molecule has 0 bridgehead atoms. The largest absolute Gasteiger partial charge is 0.357 e. The molecule has 1 aromatic carbocycles. The average Bonchev–Trinajstić information content (AvgIpc) is 3.36. The zero-order chi connectivity index (χ0) is 17.6. The van der Waals surface area contributed by atoms with Crippen molar-refractivity contribution < 1.29 is 0 Å². The zero-order valence-corrected chi connectivity index (χ0v) is 16.7. The zero-order valence-electron chi connectivity index (χ0n) is 15.8. The lowest BCUT2D eigenvalue weighted by Crippen LogP contribution is -2.40. The maximum absolute atomic E-state index is 4.82. The quantitative estimate of drug-likeness (QED) is 0.445. The van der Waals surface area contributed by atoms with E-state index in [0.29, 0.717) is 0 Å². The van der Waals surface area contributed by atoms with Crippen LogP contribution in [0.3, 0.4) is 0 Å². The van der Waals surface area contributed by atoms with Gasteiger partial charge in [-0.2, -0.15) is 0 Å². The Balaban J connectivity index is 1.54. The fraction of sp³-hybridized carbons (Fsp3) is 0.650. The molecule has 0 aromatic heterocycles. The van der Waals surface area contributed by atoms with Gasteiger partial charge in [-0.1, -0.05) is 12.1 Å². The lowest BCUT2D eigenvalue weighted by molar-refractivity contribution is 0.314. The molecule has 1 atom stereocenters. The number of guanidine groups is 1. The lowest BCUT2D eigenvalue weighted by Gasteiger charge is -2.17. The predicted molar refractivity (Wildman–Crippen MR) is 108 cm³/mol. The highest BCUT2D eigenvalue weighted by Crippen LogP contribution is 2.31. The maximum atomic E-state index is 4.82. The molecule has 25 heavy (non-hydrogen) atoms. The maximum Gasteiger partial charge on any atom is 0.191 e. The van der Waals surface area contributed by atoms with Crippen LogP contribution in [0.4, 0.5) is 0 Å². The van der Waals surface area contributed by atoms with Gasteiger partial charge in [-0.25, -0.2) is 4.99 Å². The summed E-state index contributed by atoms with van der Waals surface area (Å²) >= 11 is 1.80. The summed E-state index contributed by atoms with van der Waals surface area (Å²) in [6, 6.07) is 7.54. The molecule has 1 aliphatic carbocycles. The van der Waals surface area contributed by atoms with E-state index in [1.807, 2.05) is 0 Å². The molecule has 4 nitrogen and oxygen atoms in total. The third-order valence-corrected chi connectivity index (χ3v) is 5.95. The molecule has 1 saturated heterocycles. The molecular formula is C20H32N4S. The van der Waals surface area contributed by atoms with Crippen LogP contribution in [0.2, 0.25) is 0 Å². The fourth-order valence-corrected chi connectivity index (χ4v) is 4.23. The van der Waals surface area contributed by atoms with Gasteiger partial charge < -0.3 is 15.5 Å². The highest BCUT2D eigenvalue weighted by Gasteiger charge is 2.34. The Morgan fingerprint density at radius 2 is 2.12 bits per heavy atom. The van der Waals surface area contributed by atoms with Crippen molar-refractivity contribution in [2.45, 2.75) is 50.6 Å². The first-order valence-corrected chi connectivity index (χ1v) is 10.8. The number of nitrogens with one attached hydrogen (secondary N) is 2. The fourth-order valence-electron chi connectivity index (χ4n) is 3.53. The first-order chi connectivity index (χ1) is 12.2. The van der Waals surface area contributed by atoms with Gasteiger partial charge in [0.1, 0.15) is 0 Å². The van der Waals surface area contributed by atoms with E-state index in [2.05, 4.69) is 53.8 Å².